The molecule has 2 N–H and O–H groups in total. The van der Waals surface area contributed by atoms with Gasteiger partial charge in [0.15, 0.2) is 11.6 Å². The lowest BCUT2D eigenvalue weighted by molar-refractivity contribution is -0.130. The number of anilines is 2. The van der Waals surface area contributed by atoms with Crippen LogP contribution in [0.1, 0.15) is 10.5 Å². The molecule has 0 radical (unpaired) electrons. The molecule has 2 aliphatic heterocycles. The van der Waals surface area contributed by atoms with Crippen molar-refractivity contribution in [2.45, 2.75) is 6.10 Å². The normalized spacial score (nSPS) is 17.9. The summed E-state index contributed by atoms with van der Waals surface area (Å²) in [6.45, 7) is 0.0777. The Kier molecular flexibility index (Phi) is 6.56. The Bertz CT molecular complexity index is 1300. The summed E-state index contributed by atoms with van der Waals surface area (Å²) >= 11 is 0. The van der Waals surface area contributed by atoms with Crippen LogP contribution in [0.25, 0.3) is 5.78 Å². The summed E-state index contributed by atoms with van der Waals surface area (Å²) in [6.07, 6.45) is 3.21. The quantitative estimate of drug-likeness (QED) is 0.482. The van der Waals surface area contributed by atoms with E-state index in [0.29, 0.717) is 5.78 Å². The number of hydrogen-bond acceptors (Lipinski definition) is 8. The molecular formula is C23H23F2N7O5. The number of rotatable bonds is 6. The van der Waals surface area contributed by atoms with Crippen LogP contribution in [0.4, 0.5) is 25.0 Å². The number of amides is 3. The molecule has 0 saturated carbocycles. The van der Waals surface area contributed by atoms with Crippen LogP contribution in [-0.4, -0.2) is 94.3 Å². The number of piperazine rings is 1. The molecule has 2 fully saturated rings. The number of carbonyl (C=O) groups excluding carboxylic acids is 3. The summed E-state index contributed by atoms with van der Waals surface area (Å²) in [5, 5.41) is 11.7. The predicted octanol–water partition coefficient (Wildman–Crippen LogP) is 0.404. The highest BCUT2D eigenvalue weighted by molar-refractivity contribution is 5.95. The van der Waals surface area contributed by atoms with Gasteiger partial charge in [-0.3, -0.25) is 18.9 Å². The van der Waals surface area contributed by atoms with E-state index in [1.54, 1.807) is 22.9 Å². The second-order valence-electron chi connectivity index (χ2n) is 8.56. The lowest BCUT2D eigenvalue weighted by atomic mass is 10.2. The van der Waals surface area contributed by atoms with Crippen LogP contribution in [0.3, 0.4) is 0 Å². The first-order valence-corrected chi connectivity index (χ1v) is 11.5. The third-order valence-electron chi connectivity index (χ3n) is 6.21. The summed E-state index contributed by atoms with van der Waals surface area (Å²) in [5.41, 5.74) is -0.138. The molecule has 3 amide bonds. The van der Waals surface area contributed by atoms with Crippen molar-refractivity contribution < 1.29 is 33.0 Å². The van der Waals surface area contributed by atoms with Gasteiger partial charge in [0, 0.05) is 56.9 Å². The molecule has 1 atom stereocenters. The van der Waals surface area contributed by atoms with Crippen LogP contribution in [0.5, 0.6) is 0 Å². The van der Waals surface area contributed by atoms with E-state index in [1.807, 2.05) is 0 Å². The zero-order chi connectivity index (χ0) is 26.1. The van der Waals surface area contributed by atoms with Gasteiger partial charge in [0.2, 0.25) is 11.7 Å². The Morgan fingerprint density at radius 2 is 1.89 bits per heavy atom. The number of cyclic esters (lactones) is 1. The highest BCUT2D eigenvalue weighted by Gasteiger charge is 2.33. The molecule has 3 aromatic rings. The Morgan fingerprint density at radius 3 is 2.54 bits per heavy atom. The number of halogens is 2. The molecule has 4 heterocycles. The molecule has 0 spiro atoms. The van der Waals surface area contributed by atoms with Crippen molar-refractivity contribution in [2.75, 3.05) is 55.7 Å². The van der Waals surface area contributed by atoms with Gasteiger partial charge in [-0.05, 0) is 6.07 Å². The fourth-order valence-corrected chi connectivity index (χ4v) is 4.31. The summed E-state index contributed by atoms with van der Waals surface area (Å²) in [4.78, 5) is 49.1. The van der Waals surface area contributed by atoms with Crippen molar-refractivity contribution in [1.29, 1.82) is 0 Å². The largest absolute Gasteiger partial charge is 0.441 e. The van der Waals surface area contributed by atoms with Crippen molar-refractivity contribution in [2.24, 2.45) is 0 Å². The van der Waals surface area contributed by atoms with E-state index in [1.165, 1.54) is 16.0 Å². The van der Waals surface area contributed by atoms with E-state index in [-0.39, 0.29) is 62.2 Å². The number of imidazole rings is 1. The molecule has 0 aliphatic carbocycles. The van der Waals surface area contributed by atoms with Crippen LogP contribution in [0.15, 0.2) is 36.8 Å². The van der Waals surface area contributed by atoms with Crippen LogP contribution < -0.4 is 15.1 Å². The fraction of sp³-hybridized carbons (Fsp3) is 0.348. The number of hydrogen-bond donors (Lipinski definition) is 2. The van der Waals surface area contributed by atoms with Gasteiger partial charge in [0.25, 0.3) is 5.91 Å². The number of aliphatic hydroxyl groups is 1. The number of benzene rings is 1. The van der Waals surface area contributed by atoms with Gasteiger partial charge in [-0.25, -0.2) is 23.5 Å². The number of aromatic nitrogens is 3. The molecular weight excluding hydrogens is 492 g/mol. The molecule has 1 aromatic carbocycles. The zero-order valence-electron chi connectivity index (χ0n) is 19.5. The number of carbonyl (C=O) groups is 3. The van der Waals surface area contributed by atoms with Crippen LogP contribution in [0, 0.1) is 11.6 Å². The van der Waals surface area contributed by atoms with Crippen LogP contribution >= 0.6 is 0 Å². The second kappa shape index (κ2) is 9.97. The van der Waals surface area contributed by atoms with Crippen LogP contribution in [-0.2, 0) is 9.53 Å². The molecule has 37 heavy (non-hydrogen) atoms. The Morgan fingerprint density at radius 1 is 1.16 bits per heavy atom. The van der Waals surface area contributed by atoms with E-state index < -0.39 is 36.3 Å². The highest BCUT2D eigenvalue weighted by Crippen LogP contribution is 2.31. The smallest absolute Gasteiger partial charge is 0.414 e. The maximum absolute atomic E-state index is 14.9. The van der Waals surface area contributed by atoms with Gasteiger partial charge in [0.1, 0.15) is 17.5 Å². The number of aliphatic hydroxyl groups excluding tert-OH is 1. The molecule has 2 aromatic heterocycles. The lowest BCUT2D eigenvalue weighted by Crippen LogP contribution is -2.51. The first-order chi connectivity index (χ1) is 17.8. The third-order valence-corrected chi connectivity index (χ3v) is 6.21. The first-order valence-electron chi connectivity index (χ1n) is 11.5. The van der Waals surface area contributed by atoms with Crippen molar-refractivity contribution in [3.8, 4) is 0 Å². The van der Waals surface area contributed by atoms with Gasteiger partial charge in [-0.2, -0.15) is 0 Å². The molecule has 5 rings (SSSR count). The van der Waals surface area contributed by atoms with Crippen molar-refractivity contribution in [1.82, 2.24) is 24.6 Å². The number of nitrogens with zero attached hydrogens (tertiary/aromatic N) is 6. The lowest BCUT2D eigenvalue weighted by Gasteiger charge is -2.36. The number of ether oxygens (including phenoxy) is 1. The molecule has 12 nitrogen and oxygen atoms in total. The van der Waals surface area contributed by atoms with E-state index in [9.17, 15) is 23.2 Å². The van der Waals surface area contributed by atoms with Crippen molar-refractivity contribution >= 4 is 35.1 Å². The van der Waals surface area contributed by atoms with Gasteiger partial charge in [-0.1, -0.05) is 0 Å². The highest BCUT2D eigenvalue weighted by atomic mass is 19.1. The average Bonchev–Trinajstić information content (AvgIpc) is 3.50. The predicted molar refractivity (Wildman–Crippen MR) is 125 cm³/mol. The molecule has 2 aliphatic rings. The summed E-state index contributed by atoms with van der Waals surface area (Å²) in [5.74, 6) is -2.21. The summed E-state index contributed by atoms with van der Waals surface area (Å²) in [7, 11) is 0. The summed E-state index contributed by atoms with van der Waals surface area (Å²) in [6, 6.07) is 3.78. The van der Waals surface area contributed by atoms with Gasteiger partial charge >= 0.3 is 6.09 Å². The first kappa shape index (κ1) is 24.4. The Hall–Kier alpha value is -4.33. The van der Waals surface area contributed by atoms with Crippen molar-refractivity contribution in [3.05, 3.63) is 54.1 Å². The van der Waals surface area contributed by atoms with Gasteiger partial charge < -0.3 is 25.0 Å². The summed E-state index contributed by atoms with van der Waals surface area (Å²) < 4.78 is 36.3. The monoisotopic (exact) mass is 515 g/mol. The number of nitrogens with one attached hydrogen (secondary N) is 1. The maximum Gasteiger partial charge on any atom is 0.414 e. The van der Waals surface area contributed by atoms with Crippen molar-refractivity contribution in [3.63, 3.8) is 0 Å². The number of fused-ring (bicyclic) bond motifs is 1. The topological polar surface area (TPSA) is 133 Å². The maximum atomic E-state index is 14.9. The average molecular weight is 515 g/mol. The van der Waals surface area contributed by atoms with Gasteiger partial charge in [-0.15, -0.1) is 0 Å². The molecule has 14 heteroatoms. The van der Waals surface area contributed by atoms with Gasteiger partial charge in [0.05, 0.1) is 25.4 Å². The molecule has 1 unspecified atom stereocenters. The second-order valence-corrected chi connectivity index (χ2v) is 8.56. The van der Waals surface area contributed by atoms with E-state index in [4.69, 9.17) is 9.84 Å². The Balaban J connectivity index is 1.16. The minimum atomic E-state index is -0.857. The fourth-order valence-electron chi connectivity index (χ4n) is 4.31. The zero-order valence-corrected chi connectivity index (χ0v) is 19.5. The minimum Gasteiger partial charge on any atom is -0.441 e. The third kappa shape index (κ3) is 4.87. The SMILES string of the molecule is O=C(NCC(=O)N1CCN(c2c(F)cc(N3CC(CO)OC3=O)cc2F)CC1)c1cn2cccnc2n1. The molecule has 0 bridgehead atoms. The standard InChI is InChI=1S/C23H23F2N7O5/c24-16-8-14(32-11-15(13-33)37-23(32)36)9-17(25)20(16)30-6-4-29(5-7-30)19(34)10-27-21(35)18-12-31-3-1-2-26-22(31)28-18/h1-3,8-9,12,15,33H,4-7,10-11,13H2,(H,27,35). The molecule has 2 saturated heterocycles. The van der Waals surface area contributed by atoms with E-state index in [2.05, 4.69) is 15.3 Å². The molecule has 194 valence electrons. The van der Waals surface area contributed by atoms with Crippen LogP contribution in [0.2, 0.25) is 0 Å². The van der Waals surface area contributed by atoms with E-state index >= 15 is 0 Å². The van der Waals surface area contributed by atoms with E-state index in [0.717, 1.165) is 17.0 Å². The Labute approximate surface area is 209 Å². The minimum absolute atomic E-state index is 0.00866.